The molecule has 0 amide bonds. The first-order valence-corrected chi connectivity index (χ1v) is 8.16. The molecule has 0 aliphatic heterocycles. The number of hydrogen-bond acceptors (Lipinski definition) is 5. The number of phenols is 2. The van der Waals surface area contributed by atoms with Gasteiger partial charge in [0.25, 0.3) is 5.69 Å². The number of nitro groups is 1. The van der Waals surface area contributed by atoms with Gasteiger partial charge in [0.15, 0.2) is 0 Å². The molecule has 1 unspecified atom stereocenters. The third-order valence-electron chi connectivity index (χ3n) is 3.81. The molecule has 0 heterocycles. The predicted molar refractivity (Wildman–Crippen MR) is 96.5 cm³/mol. The molecule has 0 aliphatic carbocycles. The molecule has 126 valence electrons. The number of benzene rings is 2. The van der Waals surface area contributed by atoms with Crippen molar-refractivity contribution in [3.8, 4) is 11.5 Å². The Labute approximate surface area is 147 Å². The van der Waals surface area contributed by atoms with E-state index in [2.05, 4.69) is 34.8 Å². The molecule has 0 saturated carbocycles. The standard InChI is InChI=1S/C17H17BrN2O4/c1-3-10(2)11-4-5-16(21)15(7-11)19-9-12-6-13(20(23)24)8-14(18)17(12)22/h4-10,21-22H,3H2,1-2H3. The van der Waals surface area contributed by atoms with Crippen LogP contribution in [0.25, 0.3) is 0 Å². The summed E-state index contributed by atoms with van der Waals surface area (Å²) in [5.74, 6) is 0.170. The molecule has 0 aromatic heterocycles. The first-order valence-electron chi connectivity index (χ1n) is 7.37. The highest BCUT2D eigenvalue weighted by Crippen LogP contribution is 2.34. The van der Waals surface area contributed by atoms with Crippen LogP contribution in [0.2, 0.25) is 0 Å². The van der Waals surface area contributed by atoms with Crippen LogP contribution in [-0.4, -0.2) is 21.4 Å². The molecule has 1 atom stereocenters. The normalized spacial score (nSPS) is 12.5. The zero-order chi connectivity index (χ0) is 17.9. The monoisotopic (exact) mass is 392 g/mol. The number of nitrogens with zero attached hydrogens (tertiary/aromatic N) is 2. The second-order valence-corrected chi connectivity index (χ2v) is 6.29. The van der Waals surface area contributed by atoms with Gasteiger partial charge in [-0.25, -0.2) is 0 Å². The molecule has 2 aromatic rings. The average Bonchev–Trinajstić information content (AvgIpc) is 2.56. The predicted octanol–water partition coefficient (Wildman–Crippen LogP) is 5.03. The van der Waals surface area contributed by atoms with Crippen LogP contribution in [-0.2, 0) is 0 Å². The quantitative estimate of drug-likeness (QED) is 0.423. The van der Waals surface area contributed by atoms with E-state index in [1.54, 1.807) is 12.1 Å². The van der Waals surface area contributed by atoms with Crippen molar-refractivity contribution in [2.24, 2.45) is 4.99 Å². The van der Waals surface area contributed by atoms with Gasteiger partial charge in [-0.15, -0.1) is 0 Å². The van der Waals surface area contributed by atoms with Crippen LogP contribution in [0.4, 0.5) is 11.4 Å². The van der Waals surface area contributed by atoms with Crippen molar-refractivity contribution in [3.63, 3.8) is 0 Å². The molecule has 0 fully saturated rings. The number of hydrogen-bond donors (Lipinski definition) is 2. The van der Waals surface area contributed by atoms with Gasteiger partial charge in [-0.05, 0) is 46.0 Å². The molecule has 0 bridgehead atoms. The van der Waals surface area contributed by atoms with Crippen LogP contribution in [0.1, 0.15) is 37.3 Å². The Morgan fingerprint density at radius 3 is 2.67 bits per heavy atom. The van der Waals surface area contributed by atoms with Gasteiger partial charge in [-0.3, -0.25) is 15.1 Å². The van der Waals surface area contributed by atoms with E-state index in [4.69, 9.17) is 0 Å². The van der Waals surface area contributed by atoms with E-state index in [1.165, 1.54) is 18.3 Å². The maximum absolute atomic E-state index is 10.9. The summed E-state index contributed by atoms with van der Waals surface area (Å²) in [5, 5.41) is 30.9. The van der Waals surface area contributed by atoms with Gasteiger partial charge in [0.1, 0.15) is 17.2 Å². The van der Waals surface area contributed by atoms with E-state index in [1.807, 2.05) is 6.07 Å². The molecule has 0 radical (unpaired) electrons. The summed E-state index contributed by atoms with van der Waals surface area (Å²) in [6.45, 7) is 4.14. The molecule has 0 spiro atoms. The smallest absolute Gasteiger partial charge is 0.271 e. The number of aliphatic imine (C=N–C) groups is 1. The fraction of sp³-hybridized carbons (Fsp3) is 0.235. The Hall–Kier alpha value is -2.41. The van der Waals surface area contributed by atoms with Gasteiger partial charge < -0.3 is 10.2 Å². The lowest BCUT2D eigenvalue weighted by molar-refractivity contribution is -0.385. The van der Waals surface area contributed by atoms with Crippen LogP contribution in [0.5, 0.6) is 11.5 Å². The van der Waals surface area contributed by atoms with Gasteiger partial charge in [0.05, 0.1) is 9.40 Å². The van der Waals surface area contributed by atoms with Crippen LogP contribution in [0, 0.1) is 10.1 Å². The zero-order valence-electron chi connectivity index (χ0n) is 13.2. The van der Waals surface area contributed by atoms with E-state index in [-0.39, 0.29) is 27.2 Å². The van der Waals surface area contributed by atoms with Crippen molar-refractivity contribution < 1.29 is 15.1 Å². The fourth-order valence-electron chi connectivity index (χ4n) is 2.13. The summed E-state index contributed by atoms with van der Waals surface area (Å²) in [6, 6.07) is 7.61. The second-order valence-electron chi connectivity index (χ2n) is 5.44. The van der Waals surface area contributed by atoms with Gasteiger partial charge in [-0.2, -0.15) is 0 Å². The Bertz CT molecular complexity index is 805. The fourth-order valence-corrected chi connectivity index (χ4v) is 2.60. The zero-order valence-corrected chi connectivity index (χ0v) is 14.8. The van der Waals surface area contributed by atoms with E-state index in [9.17, 15) is 20.3 Å². The number of halogens is 1. The van der Waals surface area contributed by atoms with E-state index in [0.29, 0.717) is 11.6 Å². The third kappa shape index (κ3) is 3.91. The lowest BCUT2D eigenvalue weighted by Gasteiger charge is -2.10. The highest BCUT2D eigenvalue weighted by Gasteiger charge is 2.14. The first-order chi connectivity index (χ1) is 11.3. The maximum Gasteiger partial charge on any atom is 0.271 e. The highest BCUT2D eigenvalue weighted by atomic mass is 79.9. The number of nitro benzene ring substituents is 1. The third-order valence-corrected chi connectivity index (χ3v) is 4.42. The minimum Gasteiger partial charge on any atom is -0.506 e. The average molecular weight is 393 g/mol. The highest BCUT2D eigenvalue weighted by molar-refractivity contribution is 9.10. The number of aromatic hydroxyl groups is 2. The summed E-state index contributed by atoms with van der Waals surface area (Å²) in [4.78, 5) is 14.5. The second kappa shape index (κ2) is 7.44. The van der Waals surface area contributed by atoms with Crippen LogP contribution >= 0.6 is 15.9 Å². The molecule has 7 heteroatoms. The van der Waals surface area contributed by atoms with Gasteiger partial charge in [0.2, 0.25) is 0 Å². The summed E-state index contributed by atoms with van der Waals surface area (Å²) in [6.07, 6.45) is 2.25. The van der Waals surface area contributed by atoms with Crippen LogP contribution < -0.4 is 0 Å². The molecular weight excluding hydrogens is 376 g/mol. The Balaban J connectivity index is 2.43. The van der Waals surface area contributed by atoms with Crippen molar-refractivity contribution in [1.82, 2.24) is 0 Å². The molecule has 2 N–H and O–H groups in total. The maximum atomic E-state index is 10.9. The van der Waals surface area contributed by atoms with Gasteiger partial charge in [0, 0.05) is 23.9 Å². The molecule has 2 rings (SSSR count). The molecular formula is C17H17BrN2O4. The minimum absolute atomic E-state index is 0.00212. The summed E-state index contributed by atoms with van der Waals surface area (Å²) >= 11 is 3.08. The first kappa shape index (κ1) is 17.9. The Morgan fingerprint density at radius 2 is 2.04 bits per heavy atom. The molecule has 0 saturated heterocycles. The van der Waals surface area contributed by atoms with Crippen molar-refractivity contribution in [1.29, 1.82) is 0 Å². The van der Waals surface area contributed by atoms with E-state index < -0.39 is 4.92 Å². The summed E-state index contributed by atoms with van der Waals surface area (Å²) in [5.41, 5.74) is 1.39. The number of rotatable bonds is 5. The van der Waals surface area contributed by atoms with Crippen molar-refractivity contribution in [3.05, 3.63) is 56.0 Å². The van der Waals surface area contributed by atoms with Crippen molar-refractivity contribution in [2.45, 2.75) is 26.2 Å². The number of non-ortho nitro benzene ring substituents is 1. The van der Waals surface area contributed by atoms with E-state index >= 15 is 0 Å². The topological polar surface area (TPSA) is 96.0 Å². The SMILES string of the molecule is CCC(C)c1ccc(O)c(N=Cc2cc([N+](=O)[O-])cc(Br)c2O)c1. The molecule has 6 nitrogen and oxygen atoms in total. The number of phenolic OH excluding ortho intramolecular Hbond substituents is 2. The molecule has 24 heavy (non-hydrogen) atoms. The van der Waals surface area contributed by atoms with E-state index in [0.717, 1.165) is 12.0 Å². The summed E-state index contributed by atoms with van der Waals surface area (Å²) < 4.78 is 0.204. The van der Waals surface area contributed by atoms with Crippen LogP contribution in [0.15, 0.2) is 39.8 Å². The van der Waals surface area contributed by atoms with Crippen molar-refractivity contribution in [2.75, 3.05) is 0 Å². The van der Waals surface area contributed by atoms with Crippen molar-refractivity contribution >= 4 is 33.5 Å². The lowest BCUT2D eigenvalue weighted by Crippen LogP contribution is -1.92. The van der Waals surface area contributed by atoms with Gasteiger partial charge in [-0.1, -0.05) is 19.9 Å². The largest absolute Gasteiger partial charge is 0.506 e. The molecule has 2 aromatic carbocycles. The van der Waals surface area contributed by atoms with Crippen LogP contribution in [0.3, 0.4) is 0 Å². The van der Waals surface area contributed by atoms with Gasteiger partial charge >= 0.3 is 0 Å². The minimum atomic E-state index is -0.553. The lowest BCUT2D eigenvalue weighted by atomic mass is 9.98. The molecule has 0 aliphatic rings. The Morgan fingerprint density at radius 1 is 1.33 bits per heavy atom. The Kier molecular flexibility index (Phi) is 5.56. The summed E-state index contributed by atoms with van der Waals surface area (Å²) in [7, 11) is 0.